The smallest absolute Gasteiger partial charge is 0.0229 e. The van der Waals surface area contributed by atoms with E-state index in [0.717, 1.165) is 6.42 Å². The lowest BCUT2D eigenvalue weighted by Gasteiger charge is -2.11. The minimum absolute atomic E-state index is 0.248. The first-order valence-electron chi connectivity index (χ1n) is 6.21. The van der Waals surface area contributed by atoms with Crippen LogP contribution < -0.4 is 5.73 Å². The topological polar surface area (TPSA) is 26.0 Å². The van der Waals surface area contributed by atoms with Crippen molar-refractivity contribution < 1.29 is 0 Å². The Balaban J connectivity index is 2.38. The van der Waals surface area contributed by atoms with Gasteiger partial charge in [-0.05, 0) is 49.8 Å². The number of hydrogen-bond acceptors (Lipinski definition) is 1. The quantitative estimate of drug-likeness (QED) is 0.761. The third kappa shape index (κ3) is 2.53. The summed E-state index contributed by atoms with van der Waals surface area (Å²) in [7, 11) is 0. The zero-order valence-corrected chi connectivity index (χ0v) is 10.3. The fourth-order valence-electron chi connectivity index (χ4n) is 2.43. The van der Waals surface area contributed by atoms with Crippen LogP contribution in [0.3, 0.4) is 0 Å². The molecule has 86 valence electrons. The van der Waals surface area contributed by atoms with E-state index >= 15 is 0 Å². The molecule has 0 aromatic heterocycles. The molecule has 1 aliphatic carbocycles. The summed E-state index contributed by atoms with van der Waals surface area (Å²) in [6.45, 7) is 4.34. The molecule has 0 heterocycles. The van der Waals surface area contributed by atoms with Crippen molar-refractivity contribution in [3.63, 3.8) is 0 Å². The Morgan fingerprint density at radius 2 is 2.00 bits per heavy atom. The monoisotopic (exact) mass is 215 g/mol. The maximum atomic E-state index is 6.07. The van der Waals surface area contributed by atoms with Crippen molar-refractivity contribution in [2.45, 2.75) is 45.6 Å². The summed E-state index contributed by atoms with van der Waals surface area (Å²) in [5.41, 5.74) is 11.6. The maximum Gasteiger partial charge on any atom is 0.0229 e. The zero-order valence-electron chi connectivity index (χ0n) is 10.3. The summed E-state index contributed by atoms with van der Waals surface area (Å²) in [5, 5.41) is 0. The van der Waals surface area contributed by atoms with Crippen LogP contribution >= 0.6 is 0 Å². The molecule has 1 atom stereocenters. The predicted octanol–water partition coefficient (Wildman–Crippen LogP) is 3.59. The average Bonchev–Trinajstić information content (AvgIpc) is 2.46. The van der Waals surface area contributed by atoms with Crippen LogP contribution in [0.1, 0.15) is 42.4 Å². The number of rotatable bonds is 1. The lowest BCUT2D eigenvalue weighted by atomic mass is 9.95. The van der Waals surface area contributed by atoms with Gasteiger partial charge in [0.1, 0.15) is 0 Å². The summed E-state index contributed by atoms with van der Waals surface area (Å²) >= 11 is 0. The fraction of sp³-hybridized carbons (Fsp3) is 0.467. The third-order valence-electron chi connectivity index (χ3n) is 3.39. The number of nitrogens with two attached hydrogens (primary N) is 1. The van der Waals surface area contributed by atoms with E-state index in [9.17, 15) is 0 Å². The molecule has 0 aliphatic heterocycles. The molecular formula is C15H21N. The minimum atomic E-state index is 0.248. The van der Waals surface area contributed by atoms with Gasteiger partial charge in [-0.2, -0.15) is 0 Å². The summed E-state index contributed by atoms with van der Waals surface area (Å²) in [6, 6.07) is 6.93. The van der Waals surface area contributed by atoms with Crippen LogP contribution in [0.15, 0.2) is 24.3 Å². The highest BCUT2D eigenvalue weighted by Gasteiger charge is 2.11. The van der Waals surface area contributed by atoms with Gasteiger partial charge in [0.25, 0.3) is 0 Å². The Hall–Kier alpha value is -1.08. The summed E-state index contributed by atoms with van der Waals surface area (Å²) in [6.07, 6.45) is 7.11. The van der Waals surface area contributed by atoms with Crippen molar-refractivity contribution in [3.05, 3.63) is 41.0 Å². The lowest BCUT2D eigenvalue weighted by molar-refractivity contribution is 0.658. The largest absolute Gasteiger partial charge is 0.324 e. The highest BCUT2D eigenvalue weighted by Crippen LogP contribution is 2.28. The third-order valence-corrected chi connectivity index (χ3v) is 3.39. The van der Waals surface area contributed by atoms with Gasteiger partial charge in [0, 0.05) is 6.04 Å². The number of benzene rings is 1. The molecule has 0 spiro atoms. The van der Waals surface area contributed by atoms with E-state index in [-0.39, 0.29) is 6.04 Å². The van der Waals surface area contributed by atoms with Gasteiger partial charge in [-0.3, -0.25) is 0 Å². The SMILES string of the molecule is Cc1ccc(C)c(C2=CC(N)CCCC2)c1. The van der Waals surface area contributed by atoms with Crippen molar-refractivity contribution in [3.8, 4) is 0 Å². The van der Waals surface area contributed by atoms with E-state index in [2.05, 4.69) is 38.1 Å². The highest BCUT2D eigenvalue weighted by atomic mass is 14.6. The molecule has 0 amide bonds. The Labute approximate surface area is 98.4 Å². The van der Waals surface area contributed by atoms with Gasteiger partial charge in [-0.25, -0.2) is 0 Å². The molecule has 0 saturated heterocycles. The highest BCUT2D eigenvalue weighted by molar-refractivity contribution is 5.69. The molecule has 1 aromatic carbocycles. The van der Waals surface area contributed by atoms with E-state index in [1.165, 1.54) is 41.5 Å². The van der Waals surface area contributed by atoms with Crippen LogP contribution in [0.5, 0.6) is 0 Å². The molecule has 1 heteroatoms. The molecule has 0 radical (unpaired) electrons. The van der Waals surface area contributed by atoms with Gasteiger partial charge in [-0.15, -0.1) is 0 Å². The van der Waals surface area contributed by atoms with Gasteiger partial charge < -0.3 is 5.73 Å². The second-order valence-electron chi connectivity index (χ2n) is 4.92. The van der Waals surface area contributed by atoms with E-state index in [4.69, 9.17) is 5.73 Å². The average molecular weight is 215 g/mol. The first kappa shape index (κ1) is 11.4. The van der Waals surface area contributed by atoms with Gasteiger partial charge in [-0.1, -0.05) is 36.3 Å². The van der Waals surface area contributed by atoms with Gasteiger partial charge in [0.05, 0.1) is 0 Å². The molecule has 16 heavy (non-hydrogen) atoms. The first-order chi connectivity index (χ1) is 7.66. The predicted molar refractivity (Wildman–Crippen MR) is 70.3 cm³/mol. The Bertz CT molecular complexity index is 404. The van der Waals surface area contributed by atoms with Crippen LogP contribution in [0.4, 0.5) is 0 Å². The van der Waals surface area contributed by atoms with E-state index < -0.39 is 0 Å². The van der Waals surface area contributed by atoms with Crippen molar-refractivity contribution >= 4 is 5.57 Å². The van der Waals surface area contributed by atoms with Crippen LogP contribution in [0.25, 0.3) is 5.57 Å². The molecule has 0 saturated carbocycles. The van der Waals surface area contributed by atoms with Crippen LogP contribution in [0, 0.1) is 13.8 Å². The molecule has 2 N–H and O–H groups in total. The zero-order chi connectivity index (χ0) is 11.5. The second kappa shape index (κ2) is 4.84. The molecule has 1 unspecified atom stereocenters. The molecule has 1 aliphatic rings. The number of aryl methyl sites for hydroxylation is 2. The normalized spacial score (nSPS) is 21.4. The molecule has 0 bridgehead atoms. The fourth-order valence-corrected chi connectivity index (χ4v) is 2.43. The Morgan fingerprint density at radius 1 is 1.19 bits per heavy atom. The molecule has 2 rings (SSSR count). The van der Waals surface area contributed by atoms with Gasteiger partial charge in [0.2, 0.25) is 0 Å². The van der Waals surface area contributed by atoms with E-state index in [1.54, 1.807) is 0 Å². The molecule has 0 fully saturated rings. The van der Waals surface area contributed by atoms with Gasteiger partial charge >= 0.3 is 0 Å². The minimum Gasteiger partial charge on any atom is -0.324 e. The van der Waals surface area contributed by atoms with E-state index in [0.29, 0.717) is 0 Å². The Morgan fingerprint density at radius 3 is 2.81 bits per heavy atom. The van der Waals surface area contributed by atoms with E-state index in [1.807, 2.05) is 0 Å². The summed E-state index contributed by atoms with van der Waals surface area (Å²) in [4.78, 5) is 0. The molecular weight excluding hydrogens is 194 g/mol. The molecule has 1 aromatic rings. The van der Waals surface area contributed by atoms with Crippen molar-refractivity contribution in [1.29, 1.82) is 0 Å². The Kier molecular flexibility index (Phi) is 3.45. The van der Waals surface area contributed by atoms with Gasteiger partial charge in [0.15, 0.2) is 0 Å². The summed E-state index contributed by atoms with van der Waals surface area (Å²) in [5.74, 6) is 0. The first-order valence-corrected chi connectivity index (χ1v) is 6.21. The van der Waals surface area contributed by atoms with Crippen LogP contribution in [0.2, 0.25) is 0 Å². The lowest BCUT2D eigenvalue weighted by Crippen LogP contribution is -2.15. The molecule has 1 nitrogen and oxygen atoms in total. The summed E-state index contributed by atoms with van der Waals surface area (Å²) < 4.78 is 0. The van der Waals surface area contributed by atoms with Crippen molar-refractivity contribution in [2.24, 2.45) is 5.73 Å². The maximum absolute atomic E-state index is 6.07. The van der Waals surface area contributed by atoms with Crippen LogP contribution in [-0.4, -0.2) is 6.04 Å². The van der Waals surface area contributed by atoms with Crippen molar-refractivity contribution in [1.82, 2.24) is 0 Å². The second-order valence-corrected chi connectivity index (χ2v) is 4.92. The number of allylic oxidation sites excluding steroid dienone is 1. The van der Waals surface area contributed by atoms with Crippen LogP contribution in [-0.2, 0) is 0 Å². The standard InChI is InChI=1S/C15H21N/c1-11-7-8-12(2)15(9-11)13-5-3-4-6-14(16)10-13/h7-10,14H,3-6,16H2,1-2H3. The number of hydrogen-bond donors (Lipinski definition) is 1. The van der Waals surface area contributed by atoms with Crippen molar-refractivity contribution in [2.75, 3.05) is 0 Å².